The standard InChI is InChI=1S/C17H20ClNO5/c1-17(2,3)24-15(21)9-19(4)14(20)6-5-11-7-12(18)16-13(8-11)22-10-23-16/h5-8H,9-10H2,1-4H3. The number of esters is 1. The highest BCUT2D eigenvalue weighted by Gasteiger charge is 2.20. The summed E-state index contributed by atoms with van der Waals surface area (Å²) in [7, 11) is 1.53. The first-order valence-corrected chi connectivity index (χ1v) is 7.78. The third-order valence-corrected chi connectivity index (χ3v) is 3.31. The van der Waals surface area contributed by atoms with Crippen molar-refractivity contribution in [2.45, 2.75) is 26.4 Å². The number of fused-ring (bicyclic) bond motifs is 1. The van der Waals surface area contributed by atoms with E-state index < -0.39 is 11.6 Å². The Labute approximate surface area is 145 Å². The highest BCUT2D eigenvalue weighted by atomic mass is 35.5. The second kappa shape index (κ2) is 7.13. The summed E-state index contributed by atoms with van der Waals surface area (Å²) in [5.74, 6) is 0.256. The number of amides is 1. The van der Waals surface area contributed by atoms with Gasteiger partial charge in [-0.2, -0.15) is 0 Å². The maximum atomic E-state index is 12.1. The number of carbonyl (C=O) groups excluding carboxylic acids is 2. The zero-order chi connectivity index (χ0) is 17.9. The minimum Gasteiger partial charge on any atom is -0.459 e. The monoisotopic (exact) mass is 353 g/mol. The van der Waals surface area contributed by atoms with Crippen molar-refractivity contribution in [1.82, 2.24) is 4.90 Å². The van der Waals surface area contributed by atoms with E-state index in [1.165, 1.54) is 18.0 Å². The van der Waals surface area contributed by atoms with Crippen LogP contribution in [0.25, 0.3) is 6.08 Å². The Morgan fingerprint density at radius 2 is 2.04 bits per heavy atom. The van der Waals surface area contributed by atoms with Gasteiger partial charge in [-0.05, 0) is 44.5 Å². The molecular formula is C17H20ClNO5. The fraction of sp³-hybridized carbons (Fsp3) is 0.412. The molecule has 0 radical (unpaired) electrons. The lowest BCUT2D eigenvalue weighted by Crippen LogP contribution is -2.35. The highest BCUT2D eigenvalue weighted by Crippen LogP contribution is 2.40. The number of hydrogen-bond acceptors (Lipinski definition) is 5. The molecule has 0 bridgehead atoms. The van der Waals surface area contributed by atoms with E-state index in [-0.39, 0.29) is 19.2 Å². The molecule has 130 valence electrons. The van der Waals surface area contributed by atoms with Crippen molar-refractivity contribution < 1.29 is 23.8 Å². The molecule has 0 unspecified atom stereocenters. The van der Waals surface area contributed by atoms with Crippen LogP contribution in [0.4, 0.5) is 0 Å². The molecule has 1 aliphatic heterocycles. The molecular weight excluding hydrogens is 334 g/mol. The van der Waals surface area contributed by atoms with Crippen LogP contribution in [0.2, 0.25) is 5.02 Å². The molecule has 0 N–H and O–H groups in total. The molecule has 6 nitrogen and oxygen atoms in total. The van der Waals surface area contributed by atoms with E-state index in [0.717, 1.165) is 0 Å². The minimum atomic E-state index is -0.583. The van der Waals surface area contributed by atoms with Crippen molar-refractivity contribution >= 4 is 29.6 Å². The van der Waals surface area contributed by atoms with Crippen LogP contribution < -0.4 is 9.47 Å². The SMILES string of the molecule is CN(CC(=O)OC(C)(C)C)C(=O)C=Cc1cc(Cl)c2c(c1)OCO2. The maximum absolute atomic E-state index is 12.1. The summed E-state index contributed by atoms with van der Waals surface area (Å²) in [6.07, 6.45) is 2.96. The average molecular weight is 354 g/mol. The Morgan fingerprint density at radius 3 is 2.71 bits per heavy atom. The van der Waals surface area contributed by atoms with E-state index in [1.54, 1.807) is 39.0 Å². The number of rotatable bonds is 4. The van der Waals surface area contributed by atoms with Gasteiger partial charge in [0.1, 0.15) is 12.1 Å². The smallest absolute Gasteiger partial charge is 0.326 e. The molecule has 1 aromatic rings. The Kier molecular flexibility index (Phi) is 5.39. The molecule has 0 aliphatic carbocycles. The Hall–Kier alpha value is -2.21. The summed E-state index contributed by atoms with van der Waals surface area (Å²) in [4.78, 5) is 25.1. The molecule has 0 saturated heterocycles. The molecule has 0 spiro atoms. The first-order valence-electron chi connectivity index (χ1n) is 7.40. The van der Waals surface area contributed by atoms with Crippen molar-refractivity contribution in [2.24, 2.45) is 0 Å². The number of hydrogen-bond donors (Lipinski definition) is 0. The molecule has 1 aliphatic rings. The van der Waals surface area contributed by atoms with Crippen LogP contribution in [0, 0.1) is 0 Å². The fourth-order valence-corrected chi connectivity index (χ4v) is 2.30. The lowest BCUT2D eigenvalue weighted by Gasteiger charge is -2.22. The van der Waals surface area contributed by atoms with Crippen LogP contribution in [-0.2, 0) is 14.3 Å². The lowest BCUT2D eigenvalue weighted by atomic mass is 10.2. The summed E-state index contributed by atoms with van der Waals surface area (Å²) in [6.45, 7) is 5.32. The van der Waals surface area contributed by atoms with Crippen molar-refractivity contribution in [3.8, 4) is 11.5 Å². The second-order valence-electron chi connectivity index (χ2n) is 6.35. The highest BCUT2D eigenvalue weighted by molar-refractivity contribution is 6.32. The fourth-order valence-electron chi connectivity index (χ4n) is 2.02. The van der Waals surface area contributed by atoms with E-state index in [1.807, 2.05) is 0 Å². The van der Waals surface area contributed by atoms with E-state index >= 15 is 0 Å². The topological polar surface area (TPSA) is 65.1 Å². The number of nitrogens with zero attached hydrogens (tertiary/aromatic N) is 1. The molecule has 0 fully saturated rings. The molecule has 1 aromatic carbocycles. The van der Waals surface area contributed by atoms with Gasteiger partial charge in [-0.15, -0.1) is 0 Å². The number of carbonyl (C=O) groups is 2. The average Bonchev–Trinajstić information content (AvgIpc) is 2.91. The van der Waals surface area contributed by atoms with Gasteiger partial charge in [0, 0.05) is 13.1 Å². The van der Waals surface area contributed by atoms with Gasteiger partial charge in [0.2, 0.25) is 12.7 Å². The first kappa shape index (κ1) is 18.1. The second-order valence-corrected chi connectivity index (χ2v) is 6.76. The van der Waals surface area contributed by atoms with E-state index in [9.17, 15) is 9.59 Å². The molecule has 0 aromatic heterocycles. The normalized spacial score (nSPS) is 13.2. The van der Waals surface area contributed by atoms with Crippen molar-refractivity contribution in [2.75, 3.05) is 20.4 Å². The molecule has 0 atom stereocenters. The van der Waals surface area contributed by atoms with Crippen LogP contribution in [0.1, 0.15) is 26.3 Å². The Balaban J connectivity index is 1.97. The van der Waals surface area contributed by atoms with Gasteiger partial charge in [0.15, 0.2) is 11.5 Å². The Morgan fingerprint density at radius 1 is 1.33 bits per heavy atom. The predicted octanol–water partition coefficient (Wildman–Crippen LogP) is 2.88. The van der Waals surface area contributed by atoms with Gasteiger partial charge in [-0.3, -0.25) is 9.59 Å². The summed E-state index contributed by atoms with van der Waals surface area (Å²) in [5, 5.41) is 0.416. The number of ether oxygens (including phenoxy) is 3. The van der Waals surface area contributed by atoms with Crippen molar-refractivity contribution in [3.63, 3.8) is 0 Å². The molecule has 2 rings (SSSR count). The van der Waals surface area contributed by atoms with Crippen LogP contribution >= 0.6 is 11.6 Å². The summed E-state index contributed by atoms with van der Waals surface area (Å²) in [6, 6.07) is 3.40. The maximum Gasteiger partial charge on any atom is 0.326 e. The van der Waals surface area contributed by atoms with Crippen molar-refractivity contribution in [1.29, 1.82) is 0 Å². The molecule has 1 heterocycles. The van der Waals surface area contributed by atoms with Gasteiger partial charge >= 0.3 is 5.97 Å². The summed E-state index contributed by atoms with van der Waals surface area (Å²) in [5.41, 5.74) is 0.114. The molecule has 7 heteroatoms. The lowest BCUT2D eigenvalue weighted by molar-refractivity contribution is -0.157. The van der Waals surface area contributed by atoms with Crippen molar-refractivity contribution in [3.05, 3.63) is 28.8 Å². The summed E-state index contributed by atoms with van der Waals surface area (Å²) < 4.78 is 15.7. The number of likely N-dealkylation sites (N-methyl/N-ethyl adjacent to an activating group) is 1. The number of benzene rings is 1. The van der Waals surface area contributed by atoms with Gasteiger partial charge in [-0.1, -0.05) is 11.6 Å². The molecule has 24 heavy (non-hydrogen) atoms. The van der Waals surface area contributed by atoms with E-state index in [4.69, 9.17) is 25.8 Å². The Bertz CT molecular complexity index is 678. The van der Waals surface area contributed by atoms with Gasteiger partial charge in [0.05, 0.1) is 5.02 Å². The largest absolute Gasteiger partial charge is 0.459 e. The third-order valence-electron chi connectivity index (χ3n) is 3.03. The van der Waals surface area contributed by atoms with Crippen LogP contribution in [0.5, 0.6) is 11.5 Å². The quantitative estimate of drug-likeness (QED) is 0.615. The number of halogens is 1. The van der Waals surface area contributed by atoms with E-state index in [0.29, 0.717) is 22.1 Å². The molecule has 0 saturated carbocycles. The molecule has 1 amide bonds. The van der Waals surface area contributed by atoms with Crippen LogP contribution in [-0.4, -0.2) is 42.8 Å². The zero-order valence-electron chi connectivity index (χ0n) is 14.1. The van der Waals surface area contributed by atoms with Crippen LogP contribution in [0.15, 0.2) is 18.2 Å². The third kappa shape index (κ3) is 4.89. The first-order chi connectivity index (χ1) is 11.2. The van der Waals surface area contributed by atoms with Gasteiger partial charge in [0.25, 0.3) is 0 Å². The van der Waals surface area contributed by atoms with Gasteiger partial charge < -0.3 is 19.1 Å². The predicted molar refractivity (Wildman–Crippen MR) is 90.1 cm³/mol. The van der Waals surface area contributed by atoms with Crippen LogP contribution in [0.3, 0.4) is 0 Å². The van der Waals surface area contributed by atoms with Gasteiger partial charge in [-0.25, -0.2) is 0 Å². The summed E-state index contributed by atoms with van der Waals surface area (Å²) >= 11 is 6.09. The van der Waals surface area contributed by atoms with E-state index in [2.05, 4.69) is 0 Å². The minimum absolute atomic E-state index is 0.123. The zero-order valence-corrected chi connectivity index (χ0v) is 14.8.